The van der Waals surface area contributed by atoms with Crippen LogP contribution in [0.4, 0.5) is 5.69 Å². The highest BCUT2D eigenvalue weighted by molar-refractivity contribution is 6.42. The van der Waals surface area contributed by atoms with Crippen molar-refractivity contribution in [3.8, 4) is 11.5 Å². The number of aryl methyl sites for hydroxylation is 2. The summed E-state index contributed by atoms with van der Waals surface area (Å²) in [5.41, 5.74) is 5.22. The van der Waals surface area contributed by atoms with Gasteiger partial charge in [0, 0.05) is 16.8 Å². The van der Waals surface area contributed by atoms with Crippen molar-refractivity contribution in [3.63, 3.8) is 0 Å². The Labute approximate surface area is 186 Å². The van der Waals surface area contributed by atoms with E-state index in [9.17, 15) is 4.79 Å². The van der Waals surface area contributed by atoms with Gasteiger partial charge in [-0.25, -0.2) is 0 Å². The Morgan fingerprint density at radius 1 is 0.933 bits per heavy atom. The first kappa shape index (κ1) is 22.0. The maximum absolute atomic E-state index is 12.7. The second kappa shape index (κ2) is 9.41. The average molecular weight is 444 g/mol. The van der Waals surface area contributed by atoms with Crippen molar-refractivity contribution >= 4 is 34.8 Å². The molecule has 0 radical (unpaired) electrons. The van der Waals surface area contributed by atoms with Gasteiger partial charge in [-0.05, 0) is 79.9 Å². The Morgan fingerprint density at radius 3 is 2.40 bits per heavy atom. The molecule has 3 aromatic rings. The molecule has 0 aliphatic rings. The number of rotatable bonds is 6. The van der Waals surface area contributed by atoms with Crippen molar-refractivity contribution in [3.05, 3.63) is 86.4 Å². The third kappa shape index (κ3) is 5.07. The summed E-state index contributed by atoms with van der Waals surface area (Å²) in [5.74, 6) is 1.21. The van der Waals surface area contributed by atoms with Crippen LogP contribution in [0.3, 0.4) is 0 Å². The normalized spacial score (nSPS) is 10.6. The minimum atomic E-state index is -0.264. The Bertz CT molecular complexity index is 1100. The van der Waals surface area contributed by atoms with Crippen LogP contribution in [0, 0.1) is 20.8 Å². The second-order valence-corrected chi connectivity index (χ2v) is 7.92. The molecule has 0 spiro atoms. The molecule has 3 aromatic carbocycles. The van der Waals surface area contributed by atoms with Crippen LogP contribution >= 0.6 is 23.2 Å². The van der Waals surface area contributed by atoms with Gasteiger partial charge in [-0.3, -0.25) is 4.79 Å². The molecular formula is C24H23Cl2NO3. The van der Waals surface area contributed by atoms with Gasteiger partial charge >= 0.3 is 0 Å². The fraction of sp³-hybridized carbons (Fsp3) is 0.208. The van der Waals surface area contributed by atoms with Crippen LogP contribution in [0.5, 0.6) is 11.5 Å². The number of nitrogens with one attached hydrogen (secondary N) is 1. The zero-order valence-corrected chi connectivity index (χ0v) is 18.8. The van der Waals surface area contributed by atoms with Crippen LogP contribution in [0.15, 0.2) is 48.5 Å². The third-order valence-electron chi connectivity index (χ3n) is 4.87. The van der Waals surface area contributed by atoms with Gasteiger partial charge in [0.1, 0.15) is 18.1 Å². The molecule has 1 N–H and O–H groups in total. The van der Waals surface area contributed by atoms with E-state index in [1.54, 1.807) is 43.5 Å². The number of benzene rings is 3. The van der Waals surface area contributed by atoms with Crippen molar-refractivity contribution in [2.45, 2.75) is 27.4 Å². The van der Waals surface area contributed by atoms with Crippen molar-refractivity contribution in [2.75, 3.05) is 12.4 Å². The predicted octanol–water partition coefficient (Wildman–Crippen LogP) is 6.76. The van der Waals surface area contributed by atoms with Crippen LogP contribution in [-0.2, 0) is 6.61 Å². The number of hydrogen-bond donors (Lipinski definition) is 1. The van der Waals surface area contributed by atoms with Gasteiger partial charge in [-0.15, -0.1) is 0 Å². The number of halogens is 2. The first-order valence-corrected chi connectivity index (χ1v) is 10.2. The van der Waals surface area contributed by atoms with Crippen LogP contribution < -0.4 is 14.8 Å². The fourth-order valence-electron chi connectivity index (χ4n) is 3.12. The van der Waals surface area contributed by atoms with Crippen LogP contribution in [0.25, 0.3) is 0 Å². The topological polar surface area (TPSA) is 47.6 Å². The number of ether oxygens (including phenoxy) is 2. The molecule has 0 aliphatic heterocycles. The molecule has 1 amide bonds. The number of carbonyl (C=O) groups excluding carboxylic acids is 1. The Morgan fingerprint density at radius 2 is 1.70 bits per heavy atom. The van der Waals surface area contributed by atoms with E-state index in [4.69, 9.17) is 32.7 Å². The van der Waals surface area contributed by atoms with E-state index in [2.05, 4.69) is 18.3 Å². The molecule has 0 saturated heterocycles. The summed E-state index contributed by atoms with van der Waals surface area (Å²) in [7, 11) is 1.59. The lowest BCUT2D eigenvalue weighted by Crippen LogP contribution is -2.13. The molecule has 0 aromatic heterocycles. The first-order chi connectivity index (χ1) is 14.3. The Hall–Kier alpha value is -2.69. The molecule has 6 heteroatoms. The fourth-order valence-corrected chi connectivity index (χ4v) is 3.41. The predicted molar refractivity (Wildman–Crippen MR) is 122 cm³/mol. The highest BCUT2D eigenvalue weighted by Gasteiger charge is 2.13. The van der Waals surface area contributed by atoms with Gasteiger partial charge in [0.2, 0.25) is 0 Å². The largest absolute Gasteiger partial charge is 0.496 e. The van der Waals surface area contributed by atoms with E-state index >= 15 is 0 Å². The van der Waals surface area contributed by atoms with E-state index in [0.717, 1.165) is 22.4 Å². The van der Waals surface area contributed by atoms with E-state index in [-0.39, 0.29) is 12.5 Å². The van der Waals surface area contributed by atoms with Crippen LogP contribution in [0.1, 0.15) is 32.6 Å². The minimum absolute atomic E-state index is 0.264. The number of hydrogen-bond acceptors (Lipinski definition) is 3. The lowest BCUT2D eigenvalue weighted by atomic mass is 10.1. The van der Waals surface area contributed by atoms with Crippen LogP contribution in [0.2, 0.25) is 10.0 Å². The summed E-state index contributed by atoms with van der Waals surface area (Å²) in [6.45, 7) is 6.40. The molecule has 0 aliphatic carbocycles. The van der Waals surface area contributed by atoms with Gasteiger partial charge in [0.25, 0.3) is 5.91 Å². The Balaban J connectivity index is 1.81. The lowest BCUT2D eigenvalue weighted by molar-refractivity contribution is 0.102. The average Bonchev–Trinajstić information content (AvgIpc) is 2.72. The molecule has 4 nitrogen and oxygen atoms in total. The zero-order valence-electron chi connectivity index (χ0n) is 17.3. The summed E-state index contributed by atoms with van der Waals surface area (Å²) < 4.78 is 11.5. The maximum Gasteiger partial charge on any atom is 0.255 e. The van der Waals surface area contributed by atoms with E-state index < -0.39 is 0 Å². The summed E-state index contributed by atoms with van der Waals surface area (Å²) in [5, 5.41) is 3.63. The number of anilines is 1. The molecule has 0 fully saturated rings. The van der Waals surface area contributed by atoms with Crippen molar-refractivity contribution < 1.29 is 14.3 Å². The quantitative estimate of drug-likeness (QED) is 0.457. The van der Waals surface area contributed by atoms with E-state index in [1.807, 2.05) is 19.9 Å². The molecule has 0 bridgehead atoms. The summed E-state index contributed by atoms with van der Waals surface area (Å²) in [6, 6.07) is 14.3. The molecule has 156 valence electrons. The molecule has 0 heterocycles. The smallest absolute Gasteiger partial charge is 0.255 e. The Kier molecular flexibility index (Phi) is 6.91. The standard InChI is InChI=1S/C24H23Cl2NO3/c1-14-9-15(2)16(3)23(10-14)30-13-18-11-17(5-8-22(18)29-4)24(28)27-19-6-7-20(25)21(26)12-19/h5-12H,13H2,1-4H3,(H,27,28). The number of methoxy groups -OCH3 is 1. The summed E-state index contributed by atoms with van der Waals surface area (Å²) in [6.07, 6.45) is 0. The van der Waals surface area contributed by atoms with E-state index in [1.165, 1.54) is 5.56 Å². The highest BCUT2D eigenvalue weighted by atomic mass is 35.5. The van der Waals surface area contributed by atoms with Gasteiger partial charge < -0.3 is 14.8 Å². The molecule has 30 heavy (non-hydrogen) atoms. The van der Waals surface area contributed by atoms with Crippen molar-refractivity contribution in [1.82, 2.24) is 0 Å². The number of carbonyl (C=O) groups is 1. The van der Waals surface area contributed by atoms with Gasteiger partial charge in [-0.1, -0.05) is 29.3 Å². The van der Waals surface area contributed by atoms with Crippen molar-refractivity contribution in [2.24, 2.45) is 0 Å². The number of amides is 1. The SMILES string of the molecule is COc1ccc(C(=O)Nc2ccc(Cl)c(Cl)c2)cc1COc1cc(C)cc(C)c1C. The molecule has 0 atom stereocenters. The van der Waals surface area contributed by atoms with Gasteiger partial charge in [0.15, 0.2) is 0 Å². The summed E-state index contributed by atoms with van der Waals surface area (Å²) in [4.78, 5) is 12.7. The lowest BCUT2D eigenvalue weighted by Gasteiger charge is -2.15. The van der Waals surface area contributed by atoms with Gasteiger partial charge in [-0.2, -0.15) is 0 Å². The third-order valence-corrected chi connectivity index (χ3v) is 5.61. The van der Waals surface area contributed by atoms with Crippen molar-refractivity contribution in [1.29, 1.82) is 0 Å². The highest BCUT2D eigenvalue weighted by Crippen LogP contribution is 2.28. The summed E-state index contributed by atoms with van der Waals surface area (Å²) >= 11 is 12.0. The molecular weight excluding hydrogens is 421 g/mol. The molecule has 0 saturated carbocycles. The van der Waals surface area contributed by atoms with Crippen LogP contribution in [-0.4, -0.2) is 13.0 Å². The molecule has 3 rings (SSSR count). The maximum atomic E-state index is 12.7. The minimum Gasteiger partial charge on any atom is -0.496 e. The first-order valence-electron chi connectivity index (χ1n) is 9.42. The zero-order chi connectivity index (χ0) is 21.8. The second-order valence-electron chi connectivity index (χ2n) is 7.10. The monoisotopic (exact) mass is 443 g/mol. The van der Waals surface area contributed by atoms with E-state index in [0.29, 0.717) is 27.0 Å². The molecule has 0 unspecified atom stereocenters. The van der Waals surface area contributed by atoms with Gasteiger partial charge in [0.05, 0.1) is 17.2 Å².